The zero-order chi connectivity index (χ0) is 27.4. The van der Waals surface area contributed by atoms with Gasteiger partial charge in [0.1, 0.15) is 5.75 Å². The highest BCUT2D eigenvalue weighted by atomic mass is 79.9. The molecular formula is C19H30BrF3N3O9+. The van der Waals surface area contributed by atoms with Gasteiger partial charge in [-0.25, -0.2) is 21.8 Å². The van der Waals surface area contributed by atoms with Gasteiger partial charge in [-0.3, -0.25) is 4.84 Å². The first-order valence-electron chi connectivity index (χ1n) is 9.84. The van der Waals surface area contributed by atoms with E-state index in [0.717, 1.165) is 19.3 Å². The van der Waals surface area contributed by atoms with Crippen molar-refractivity contribution in [1.82, 2.24) is 5.32 Å². The zero-order valence-electron chi connectivity index (χ0n) is 18.9. The molecule has 2 heterocycles. The third kappa shape index (κ3) is 10.3. The number of nitrogens with two attached hydrogens (primary N) is 1. The Morgan fingerprint density at radius 1 is 1.23 bits per heavy atom. The molecule has 2 unspecified atom stereocenters. The van der Waals surface area contributed by atoms with Gasteiger partial charge in [0.05, 0.1) is 11.1 Å². The van der Waals surface area contributed by atoms with Crippen molar-refractivity contribution in [3.63, 3.8) is 0 Å². The molecule has 202 valence electrons. The van der Waals surface area contributed by atoms with Crippen LogP contribution in [-0.4, -0.2) is 70.4 Å². The Morgan fingerprint density at radius 2 is 1.77 bits per heavy atom. The summed E-state index contributed by atoms with van der Waals surface area (Å²) in [4.78, 5) is 16.2. The zero-order valence-corrected chi connectivity index (χ0v) is 20.5. The quantitative estimate of drug-likeness (QED) is 0.130. The lowest BCUT2D eigenvalue weighted by molar-refractivity contribution is -0.670. The molecule has 3 rings (SSSR count). The molecule has 11 N–H and O–H groups in total. The van der Waals surface area contributed by atoms with Gasteiger partial charge in [-0.1, -0.05) is 15.9 Å². The Labute approximate surface area is 206 Å². The first kappa shape index (κ1) is 33.1. The number of rotatable bonds is 4. The lowest BCUT2D eigenvalue weighted by atomic mass is 9.98. The smallest absolute Gasteiger partial charge is 0.430 e. The van der Waals surface area contributed by atoms with E-state index in [2.05, 4.69) is 36.7 Å². The van der Waals surface area contributed by atoms with Crippen molar-refractivity contribution in [3.8, 4) is 5.75 Å². The average Bonchev–Trinajstić information content (AvgIpc) is 3.39. The maximum Gasteiger partial charge on any atom is 0.430 e. The number of ether oxygens (including phenoxy) is 2. The van der Waals surface area contributed by atoms with Crippen LogP contribution in [0.25, 0.3) is 6.08 Å². The largest absolute Gasteiger partial charge is 0.475 e. The fraction of sp³-hybridized carbons (Fsp3) is 0.526. The maximum absolute atomic E-state index is 13.3. The molecule has 1 saturated heterocycles. The number of aliphatic hydroxyl groups excluding tert-OH is 1. The number of nitrogens with one attached hydrogen (secondary N) is 1. The van der Waals surface area contributed by atoms with Crippen LogP contribution in [0.15, 0.2) is 22.2 Å². The van der Waals surface area contributed by atoms with Gasteiger partial charge in [0, 0.05) is 17.1 Å². The first-order chi connectivity index (χ1) is 16.3. The molecule has 0 spiro atoms. The minimum absolute atomic E-state index is 0.135. The van der Waals surface area contributed by atoms with Gasteiger partial charge in [-0.15, -0.1) is 0 Å². The Balaban J connectivity index is 0.00000110. The van der Waals surface area contributed by atoms with E-state index in [-0.39, 0.29) is 10.0 Å². The van der Waals surface area contributed by atoms with Crippen molar-refractivity contribution in [3.05, 3.63) is 33.3 Å². The van der Waals surface area contributed by atoms with Crippen molar-refractivity contribution >= 4 is 28.0 Å². The molecule has 0 aliphatic carbocycles. The normalized spacial score (nSPS) is 17.5. The third-order valence-corrected chi connectivity index (χ3v) is 4.69. The number of aliphatic hydroxyl groups is 4. The second-order valence-corrected chi connectivity index (χ2v) is 7.63. The Hall–Kier alpha value is -1.86. The molecule has 0 aromatic heterocycles. The van der Waals surface area contributed by atoms with Crippen LogP contribution < -0.4 is 21.8 Å². The second-order valence-electron chi connectivity index (χ2n) is 6.71. The number of fused-ring (bicyclic) bond motifs is 1. The van der Waals surface area contributed by atoms with Gasteiger partial charge in [-0.05, 0) is 51.1 Å². The van der Waals surface area contributed by atoms with Crippen molar-refractivity contribution in [2.24, 2.45) is 5.90 Å². The van der Waals surface area contributed by atoms with Gasteiger partial charge in [-0.2, -0.15) is 13.2 Å². The lowest BCUT2D eigenvalue weighted by Gasteiger charge is -2.31. The molecular weight excluding hydrogens is 551 g/mol. The number of benzene rings is 1. The van der Waals surface area contributed by atoms with Crippen molar-refractivity contribution < 1.29 is 63.8 Å². The summed E-state index contributed by atoms with van der Waals surface area (Å²) >= 11 is 3.00. The first-order valence-corrected chi connectivity index (χ1v) is 10.6. The van der Waals surface area contributed by atoms with Gasteiger partial charge in [0.25, 0.3) is 0 Å². The standard InChI is InChI=1S/C14H13BrF3NO7.C4H9N.CH4O.H4NO/c1-5(26-19)24-12(20)8-3-6-2-7(15)4-9(14(21,22)23)10(6)25-11(8)13(16,17)18;1-2-4-5-3-1;2*1-2/h2-5,11,21-23H,19H2,1H3;5H,1-4H2;2*2H,1H3/q;;;+1. The topological polar surface area (TPSA) is 212 Å². The number of carbonyl (C=O) groups is 1. The SMILES string of the molecule is C1CCNC1.CC(ON)OC(=O)C1=Cc2cc(Br)cc(C(O)(O)O)c2OC1C(F)(F)F.CO.[NH3+]O. The van der Waals surface area contributed by atoms with Crippen LogP contribution in [-0.2, 0) is 20.3 Å². The van der Waals surface area contributed by atoms with Crippen LogP contribution in [0.2, 0.25) is 0 Å². The molecule has 0 radical (unpaired) electrons. The van der Waals surface area contributed by atoms with Gasteiger partial charge in [0.15, 0.2) is 0 Å². The van der Waals surface area contributed by atoms with Crippen LogP contribution in [0, 0.1) is 0 Å². The summed E-state index contributed by atoms with van der Waals surface area (Å²) in [6, 6.07) is 2.20. The second kappa shape index (κ2) is 15.3. The number of hydrogen-bond donors (Lipinski definition) is 8. The monoisotopic (exact) mass is 580 g/mol. The molecule has 16 heteroatoms. The average molecular weight is 581 g/mol. The molecule has 0 bridgehead atoms. The van der Waals surface area contributed by atoms with Crippen LogP contribution in [0.5, 0.6) is 5.75 Å². The number of halogens is 4. The minimum Gasteiger partial charge on any atom is -0.475 e. The van der Waals surface area contributed by atoms with Crippen molar-refractivity contribution in [2.45, 2.75) is 44.3 Å². The molecule has 2 aliphatic rings. The van der Waals surface area contributed by atoms with Crippen LogP contribution in [0.3, 0.4) is 0 Å². The van der Waals surface area contributed by atoms with Crippen molar-refractivity contribution in [1.29, 1.82) is 0 Å². The third-order valence-electron chi connectivity index (χ3n) is 4.23. The number of carbonyl (C=O) groups excluding carboxylic acids is 1. The lowest BCUT2D eigenvalue weighted by Crippen LogP contribution is -2.42. The number of quaternary nitrogens is 1. The number of hydrogen-bond acceptors (Lipinski definition) is 11. The number of esters is 1. The Kier molecular flexibility index (Phi) is 14.5. The van der Waals surface area contributed by atoms with Gasteiger partial charge >= 0.3 is 18.1 Å². The van der Waals surface area contributed by atoms with E-state index >= 15 is 0 Å². The molecule has 2 atom stereocenters. The highest BCUT2D eigenvalue weighted by molar-refractivity contribution is 9.10. The molecule has 1 aromatic carbocycles. The summed E-state index contributed by atoms with van der Waals surface area (Å²) in [6.07, 6.45) is -5.59. The van der Waals surface area contributed by atoms with E-state index in [9.17, 15) is 33.3 Å². The van der Waals surface area contributed by atoms with E-state index in [4.69, 9.17) is 20.9 Å². The van der Waals surface area contributed by atoms with Crippen molar-refractivity contribution in [2.75, 3.05) is 20.2 Å². The van der Waals surface area contributed by atoms with Crippen LogP contribution in [0.4, 0.5) is 13.2 Å². The summed E-state index contributed by atoms with van der Waals surface area (Å²) in [7, 11) is 1.00. The fourth-order valence-corrected chi connectivity index (χ4v) is 3.28. The van der Waals surface area contributed by atoms with Crippen LogP contribution >= 0.6 is 15.9 Å². The van der Waals surface area contributed by atoms with E-state index in [1.807, 2.05) is 0 Å². The molecule has 12 nitrogen and oxygen atoms in total. The van der Waals surface area contributed by atoms with E-state index < -0.39 is 47.4 Å². The van der Waals surface area contributed by atoms with E-state index in [0.29, 0.717) is 0 Å². The fourth-order valence-electron chi connectivity index (χ4n) is 2.81. The molecule has 0 saturated carbocycles. The summed E-state index contributed by atoms with van der Waals surface area (Å²) in [5.74, 6) is 1.50. The predicted octanol–water partition coefficient (Wildman–Crippen LogP) is -0.382. The van der Waals surface area contributed by atoms with E-state index in [1.54, 1.807) is 0 Å². The van der Waals surface area contributed by atoms with Gasteiger partial charge < -0.3 is 35.2 Å². The molecule has 1 aromatic rings. The predicted molar refractivity (Wildman–Crippen MR) is 117 cm³/mol. The highest BCUT2D eigenvalue weighted by Crippen LogP contribution is 2.43. The van der Waals surface area contributed by atoms with E-state index in [1.165, 1.54) is 38.9 Å². The summed E-state index contributed by atoms with van der Waals surface area (Å²) in [5.41, 5.74) is -1.81. The summed E-state index contributed by atoms with van der Waals surface area (Å²) < 4.78 is 49.6. The summed E-state index contributed by atoms with van der Waals surface area (Å²) in [5, 5.41) is 45.1. The molecule has 0 amide bonds. The minimum atomic E-state index is -5.05. The summed E-state index contributed by atoms with van der Waals surface area (Å²) in [6.45, 7) is 3.69. The molecule has 35 heavy (non-hydrogen) atoms. The molecule has 1 fully saturated rings. The Morgan fingerprint density at radius 3 is 2.17 bits per heavy atom. The van der Waals surface area contributed by atoms with Gasteiger partial charge in [0.2, 0.25) is 12.4 Å². The Bertz CT molecular complexity index is 825. The highest BCUT2D eigenvalue weighted by Gasteiger charge is 2.50. The number of alkyl halides is 3. The van der Waals surface area contributed by atoms with Crippen LogP contribution in [0.1, 0.15) is 30.9 Å². The maximum atomic E-state index is 13.3. The molecule has 2 aliphatic heterocycles.